The lowest BCUT2D eigenvalue weighted by molar-refractivity contribution is -0.118. The fourth-order valence-corrected chi connectivity index (χ4v) is 5.96. The van der Waals surface area contributed by atoms with Crippen LogP contribution in [0.5, 0.6) is 11.5 Å². The van der Waals surface area contributed by atoms with Crippen LogP contribution in [0.3, 0.4) is 0 Å². The molecule has 0 aromatic heterocycles. The van der Waals surface area contributed by atoms with Crippen molar-refractivity contribution in [3.8, 4) is 11.5 Å². The van der Waals surface area contributed by atoms with Crippen molar-refractivity contribution in [2.45, 2.75) is 71.8 Å². The van der Waals surface area contributed by atoms with Crippen LogP contribution in [0.2, 0.25) is 0 Å². The molecule has 1 N–H and O–H groups in total. The lowest BCUT2D eigenvalue weighted by atomic mass is 9.68. The van der Waals surface area contributed by atoms with Gasteiger partial charge in [-0.2, -0.15) is 0 Å². The van der Waals surface area contributed by atoms with Gasteiger partial charge in [0, 0.05) is 23.2 Å². The summed E-state index contributed by atoms with van der Waals surface area (Å²) in [7, 11) is 1.68. The molecule has 0 fully saturated rings. The summed E-state index contributed by atoms with van der Waals surface area (Å²) < 4.78 is 11.8. The first-order valence-electron chi connectivity index (χ1n) is 13.8. The Balaban J connectivity index is 1.51. The summed E-state index contributed by atoms with van der Waals surface area (Å²) in [5.41, 5.74) is 5.29. The van der Waals surface area contributed by atoms with Crippen molar-refractivity contribution in [2.75, 3.05) is 19.0 Å². The van der Waals surface area contributed by atoms with E-state index in [1.807, 2.05) is 12.1 Å². The number of ketones is 1. The molecule has 1 heterocycles. The second kappa shape index (κ2) is 10.6. The van der Waals surface area contributed by atoms with Gasteiger partial charge in [0.15, 0.2) is 17.3 Å². The van der Waals surface area contributed by atoms with Crippen LogP contribution < -0.4 is 14.8 Å². The Hall–Kier alpha value is -3.27. The van der Waals surface area contributed by atoms with Gasteiger partial charge in [-0.05, 0) is 58.4 Å². The molecule has 2 aliphatic rings. The van der Waals surface area contributed by atoms with Crippen molar-refractivity contribution >= 4 is 27.8 Å². The minimum atomic E-state index is -0.218. The van der Waals surface area contributed by atoms with E-state index in [0.29, 0.717) is 18.8 Å². The number of hydrogen-bond acceptors (Lipinski definition) is 4. The largest absolute Gasteiger partial charge is 0.493 e. The second-order valence-corrected chi connectivity index (χ2v) is 11.3. The Morgan fingerprint density at radius 2 is 1.76 bits per heavy atom. The van der Waals surface area contributed by atoms with Crippen molar-refractivity contribution in [1.82, 2.24) is 0 Å². The molecule has 3 aromatic carbocycles. The third kappa shape index (κ3) is 5.12. The fourth-order valence-electron chi connectivity index (χ4n) is 5.96. The maximum atomic E-state index is 13.7. The first-order chi connectivity index (χ1) is 17.9. The summed E-state index contributed by atoms with van der Waals surface area (Å²) >= 11 is 0. The van der Waals surface area contributed by atoms with Crippen LogP contribution in [0, 0.1) is 5.41 Å². The summed E-state index contributed by atoms with van der Waals surface area (Å²) in [6.45, 7) is 7.32. The number of methoxy groups -OCH3 is 1. The summed E-state index contributed by atoms with van der Waals surface area (Å²) in [6, 6.07) is 18.7. The first-order valence-corrected chi connectivity index (χ1v) is 13.8. The number of unbranched alkanes of at least 4 members (excludes halogenated alkanes) is 4. The Kier molecular flexibility index (Phi) is 7.28. The van der Waals surface area contributed by atoms with Gasteiger partial charge in [0.05, 0.1) is 19.8 Å². The van der Waals surface area contributed by atoms with E-state index in [2.05, 4.69) is 68.6 Å². The van der Waals surface area contributed by atoms with Crippen LogP contribution in [-0.4, -0.2) is 19.5 Å². The Morgan fingerprint density at radius 1 is 0.946 bits per heavy atom. The number of ether oxygens (including phenoxy) is 2. The van der Waals surface area contributed by atoms with Crippen molar-refractivity contribution in [3.63, 3.8) is 0 Å². The van der Waals surface area contributed by atoms with Crippen molar-refractivity contribution in [2.24, 2.45) is 5.41 Å². The van der Waals surface area contributed by atoms with E-state index < -0.39 is 0 Å². The normalized spacial score (nSPS) is 18.3. The summed E-state index contributed by atoms with van der Waals surface area (Å²) in [5.74, 6) is 1.70. The highest BCUT2D eigenvalue weighted by atomic mass is 16.5. The minimum Gasteiger partial charge on any atom is -0.493 e. The SMILES string of the molecule is CCCCCCCOc1ccc(C2Nc3ccc4ccccc4c3C3=C2C(=O)CC(C)(C)C3)cc1OC. The van der Waals surface area contributed by atoms with Crippen molar-refractivity contribution in [1.29, 1.82) is 0 Å². The number of rotatable bonds is 9. The zero-order valence-electron chi connectivity index (χ0n) is 22.7. The predicted molar refractivity (Wildman–Crippen MR) is 153 cm³/mol. The number of hydrogen-bond donors (Lipinski definition) is 1. The molecular formula is C33H39NO3. The van der Waals surface area contributed by atoms with Crippen LogP contribution in [0.25, 0.3) is 16.3 Å². The number of nitrogens with one attached hydrogen (secondary N) is 1. The quantitative estimate of drug-likeness (QED) is 0.301. The third-order valence-electron chi connectivity index (χ3n) is 7.77. The molecule has 1 atom stereocenters. The molecule has 194 valence electrons. The zero-order chi connectivity index (χ0) is 26.0. The second-order valence-electron chi connectivity index (χ2n) is 11.3. The van der Waals surface area contributed by atoms with Gasteiger partial charge in [-0.3, -0.25) is 4.79 Å². The van der Waals surface area contributed by atoms with Gasteiger partial charge in [0.25, 0.3) is 0 Å². The van der Waals surface area contributed by atoms with E-state index in [0.717, 1.165) is 35.4 Å². The standard InChI is InChI=1S/C33H39NO3/c1-5-6-7-8-11-18-37-28-17-15-23(19-29(28)36-4)32-31-25(20-33(2,3)21-27(31)35)30-24-13-10-9-12-22(24)14-16-26(30)34-32/h9-10,12-17,19,32,34H,5-8,11,18,20-21H2,1-4H3. The van der Waals surface area contributed by atoms with Crippen LogP contribution >= 0.6 is 0 Å². The van der Waals surface area contributed by atoms with E-state index in [-0.39, 0.29) is 17.2 Å². The van der Waals surface area contributed by atoms with Crippen LogP contribution in [0.15, 0.2) is 60.2 Å². The first kappa shape index (κ1) is 25.4. The molecule has 0 saturated heterocycles. The Labute approximate surface area is 221 Å². The van der Waals surface area contributed by atoms with E-state index in [1.165, 1.54) is 47.6 Å². The van der Waals surface area contributed by atoms with Crippen molar-refractivity contribution in [3.05, 3.63) is 71.3 Å². The van der Waals surface area contributed by atoms with Gasteiger partial charge in [-0.1, -0.05) is 82.9 Å². The number of anilines is 1. The Morgan fingerprint density at radius 3 is 2.57 bits per heavy atom. The van der Waals surface area contributed by atoms with Gasteiger partial charge in [-0.25, -0.2) is 0 Å². The predicted octanol–water partition coefficient (Wildman–Crippen LogP) is 8.51. The molecule has 1 aliphatic heterocycles. The van der Waals surface area contributed by atoms with Crippen LogP contribution in [-0.2, 0) is 4.79 Å². The number of Topliss-reactive ketones (excluding diaryl/α,β-unsaturated/α-hetero) is 1. The lowest BCUT2D eigenvalue weighted by Gasteiger charge is -2.40. The van der Waals surface area contributed by atoms with Crippen LogP contribution in [0.4, 0.5) is 5.69 Å². The highest BCUT2D eigenvalue weighted by molar-refractivity contribution is 6.12. The number of fused-ring (bicyclic) bond motifs is 4. The third-order valence-corrected chi connectivity index (χ3v) is 7.77. The minimum absolute atomic E-state index is 0.0709. The topological polar surface area (TPSA) is 47.6 Å². The van der Waals surface area contributed by atoms with Gasteiger partial charge in [0.2, 0.25) is 0 Å². The van der Waals surface area contributed by atoms with Gasteiger partial charge in [-0.15, -0.1) is 0 Å². The van der Waals surface area contributed by atoms with Gasteiger partial charge < -0.3 is 14.8 Å². The molecule has 5 rings (SSSR count). The van der Waals surface area contributed by atoms with Crippen LogP contribution in [0.1, 0.15) is 82.9 Å². The molecular weight excluding hydrogens is 458 g/mol. The fraction of sp³-hybridized carbons (Fsp3) is 0.424. The molecule has 0 radical (unpaired) electrons. The average Bonchev–Trinajstić information content (AvgIpc) is 2.89. The molecule has 1 unspecified atom stereocenters. The molecule has 3 aromatic rings. The molecule has 0 saturated carbocycles. The highest BCUT2D eigenvalue weighted by Crippen LogP contribution is 2.52. The number of carbonyl (C=O) groups is 1. The van der Waals surface area contributed by atoms with Gasteiger partial charge >= 0.3 is 0 Å². The maximum absolute atomic E-state index is 13.7. The summed E-state index contributed by atoms with van der Waals surface area (Å²) in [4.78, 5) is 13.7. The Bertz CT molecular complexity index is 1340. The van der Waals surface area contributed by atoms with E-state index in [4.69, 9.17) is 9.47 Å². The molecule has 37 heavy (non-hydrogen) atoms. The molecule has 0 amide bonds. The molecule has 0 spiro atoms. The smallest absolute Gasteiger partial charge is 0.162 e. The molecule has 4 nitrogen and oxygen atoms in total. The average molecular weight is 498 g/mol. The van der Waals surface area contributed by atoms with E-state index >= 15 is 0 Å². The van der Waals surface area contributed by atoms with E-state index in [1.54, 1.807) is 7.11 Å². The monoisotopic (exact) mass is 497 g/mol. The lowest BCUT2D eigenvalue weighted by Crippen LogP contribution is -2.33. The van der Waals surface area contributed by atoms with E-state index in [9.17, 15) is 4.79 Å². The highest BCUT2D eigenvalue weighted by Gasteiger charge is 2.41. The van der Waals surface area contributed by atoms with Gasteiger partial charge in [0.1, 0.15) is 0 Å². The number of benzene rings is 3. The molecule has 4 heteroatoms. The molecule has 0 bridgehead atoms. The maximum Gasteiger partial charge on any atom is 0.162 e. The number of allylic oxidation sites excluding steroid dienone is 1. The summed E-state index contributed by atoms with van der Waals surface area (Å²) in [6.07, 6.45) is 7.43. The van der Waals surface area contributed by atoms with Crippen molar-refractivity contribution < 1.29 is 14.3 Å². The number of carbonyl (C=O) groups excluding carboxylic acids is 1. The zero-order valence-corrected chi connectivity index (χ0v) is 22.7. The summed E-state index contributed by atoms with van der Waals surface area (Å²) in [5, 5.41) is 6.12. The molecule has 1 aliphatic carbocycles.